The minimum absolute atomic E-state index is 0. The van der Waals surface area contributed by atoms with Crippen molar-refractivity contribution < 1.29 is 20.1 Å². The Balaban J connectivity index is 0.00000264. The van der Waals surface area contributed by atoms with Gasteiger partial charge in [0.05, 0.1) is 12.2 Å². The van der Waals surface area contributed by atoms with Crippen molar-refractivity contribution in [3.8, 4) is 5.75 Å². The van der Waals surface area contributed by atoms with E-state index in [-0.39, 0.29) is 49.9 Å². The second-order valence-electron chi connectivity index (χ2n) is 7.03. The van der Waals surface area contributed by atoms with Gasteiger partial charge >= 0.3 is 37.7 Å². The fourth-order valence-corrected chi connectivity index (χ4v) is 2.54. The van der Waals surface area contributed by atoms with Crippen LogP contribution in [-0.4, -0.2) is 90.1 Å². The Bertz CT molecular complexity index is 504. The summed E-state index contributed by atoms with van der Waals surface area (Å²) in [6.45, 7) is 6.78. The van der Waals surface area contributed by atoms with Crippen LogP contribution < -0.4 is 10.1 Å². The molecule has 4 N–H and O–H groups in total. The topological polar surface area (TPSA) is 82.0 Å². The second-order valence-corrected chi connectivity index (χ2v) is 7.03. The first-order valence-corrected chi connectivity index (χ1v) is 7.79. The van der Waals surface area contributed by atoms with Crippen molar-refractivity contribution >= 4 is 37.7 Å². The van der Waals surface area contributed by atoms with Gasteiger partial charge in [-0.2, -0.15) is 0 Å². The van der Waals surface area contributed by atoms with E-state index in [0.29, 0.717) is 25.1 Å². The van der Waals surface area contributed by atoms with Crippen LogP contribution in [0.25, 0.3) is 0 Å². The van der Waals surface area contributed by atoms with Crippen LogP contribution in [0.3, 0.4) is 0 Å². The predicted molar refractivity (Wildman–Crippen MR) is 93.7 cm³/mol. The van der Waals surface area contributed by atoms with Gasteiger partial charge in [-0.1, -0.05) is 12.1 Å². The van der Waals surface area contributed by atoms with Gasteiger partial charge in [-0.25, -0.2) is 0 Å². The minimum atomic E-state index is -0.760. The van der Waals surface area contributed by atoms with Crippen molar-refractivity contribution in [1.29, 1.82) is 0 Å². The third-order valence-electron chi connectivity index (χ3n) is 3.82. The zero-order valence-electron chi connectivity index (χ0n) is 13.5. The molecule has 1 aromatic carbocycles. The molecule has 128 valence electrons. The van der Waals surface area contributed by atoms with E-state index in [1.165, 1.54) is 0 Å². The summed E-state index contributed by atoms with van der Waals surface area (Å²) in [6, 6.07) is 5.65. The van der Waals surface area contributed by atoms with E-state index in [9.17, 15) is 15.3 Å². The van der Waals surface area contributed by atoms with Crippen molar-refractivity contribution in [2.45, 2.75) is 57.5 Å². The van der Waals surface area contributed by atoms with E-state index < -0.39 is 18.3 Å². The zero-order chi connectivity index (χ0) is 16.3. The fourth-order valence-electron chi connectivity index (χ4n) is 2.54. The first-order valence-electron chi connectivity index (χ1n) is 7.79. The summed E-state index contributed by atoms with van der Waals surface area (Å²) in [5, 5.41) is 32.8. The third kappa shape index (κ3) is 6.50. The van der Waals surface area contributed by atoms with Gasteiger partial charge in [-0.3, -0.25) is 0 Å². The SMILES string of the molecule is CC(C)(C)NCC(O)COc1cccc2c1C[C@H](O)[C@H](O)C2.[CaH2]. The first-order chi connectivity index (χ1) is 10.3. The summed E-state index contributed by atoms with van der Waals surface area (Å²) >= 11 is 0. The Hall–Kier alpha value is 0.120. The molecule has 0 saturated carbocycles. The second kappa shape index (κ2) is 8.99. The molecule has 23 heavy (non-hydrogen) atoms. The van der Waals surface area contributed by atoms with Gasteiger partial charge in [0.1, 0.15) is 18.5 Å². The molecule has 2 rings (SSSR count). The average Bonchev–Trinajstić information content (AvgIpc) is 2.43. The molecule has 0 bridgehead atoms. The summed E-state index contributed by atoms with van der Waals surface area (Å²) in [4.78, 5) is 0. The molecule has 0 fully saturated rings. The molecule has 0 saturated heterocycles. The molecule has 1 aromatic rings. The number of nitrogens with one attached hydrogen (secondary N) is 1. The molecule has 0 aromatic heterocycles. The Morgan fingerprint density at radius 2 is 1.87 bits per heavy atom. The standard InChI is InChI=1S/C17H27NO4.Ca.2H/c1-17(2,3)18-9-12(19)10-22-16-6-4-5-11-7-14(20)15(21)8-13(11)16;;;/h4-6,12,14-15,18-21H,7-10H2,1-3H3;;;/t12?,14-,15+;;;/m1.../s1. The molecule has 1 aliphatic carbocycles. The zero-order valence-corrected chi connectivity index (χ0v) is 13.5. The van der Waals surface area contributed by atoms with Gasteiger partial charge in [-0.05, 0) is 32.4 Å². The van der Waals surface area contributed by atoms with Crippen molar-refractivity contribution in [2.75, 3.05) is 13.2 Å². The van der Waals surface area contributed by atoms with Crippen LogP contribution in [0.4, 0.5) is 0 Å². The molecule has 0 radical (unpaired) electrons. The van der Waals surface area contributed by atoms with Crippen LogP contribution in [-0.2, 0) is 12.8 Å². The van der Waals surface area contributed by atoms with Gasteiger partial charge in [0.25, 0.3) is 0 Å². The maximum absolute atomic E-state index is 10.00. The molecular weight excluding hydrogens is 322 g/mol. The summed E-state index contributed by atoms with van der Waals surface area (Å²) in [5.74, 6) is 0.679. The normalized spacial score (nSPS) is 22.0. The molecule has 1 unspecified atom stereocenters. The van der Waals surface area contributed by atoms with Crippen molar-refractivity contribution in [3.05, 3.63) is 29.3 Å². The summed E-state index contributed by atoms with van der Waals surface area (Å²) < 4.78 is 5.73. The molecule has 0 heterocycles. The van der Waals surface area contributed by atoms with Gasteiger partial charge < -0.3 is 25.4 Å². The molecule has 6 heteroatoms. The van der Waals surface area contributed by atoms with E-state index in [2.05, 4.69) is 5.32 Å². The van der Waals surface area contributed by atoms with Gasteiger partial charge in [-0.15, -0.1) is 0 Å². The van der Waals surface area contributed by atoms with Gasteiger partial charge in [0, 0.05) is 30.5 Å². The maximum atomic E-state index is 10.00. The van der Waals surface area contributed by atoms with E-state index >= 15 is 0 Å². The van der Waals surface area contributed by atoms with Crippen molar-refractivity contribution in [3.63, 3.8) is 0 Å². The summed E-state index contributed by atoms with van der Waals surface area (Å²) in [5.41, 5.74) is 1.88. The number of aliphatic hydroxyl groups is 3. The fraction of sp³-hybridized carbons (Fsp3) is 0.647. The van der Waals surface area contributed by atoms with Crippen molar-refractivity contribution in [2.24, 2.45) is 0 Å². The molecular formula is C17H29CaNO4. The summed E-state index contributed by atoms with van der Waals surface area (Å²) in [6.07, 6.45) is -1.27. The molecule has 5 nitrogen and oxygen atoms in total. The van der Waals surface area contributed by atoms with E-state index in [0.717, 1.165) is 11.1 Å². The third-order valence-corrected chi connectivity index (χ3v) is 3.82. The number of β-amino-alcohol motifs (C(OH)–C–C–N with tert-alkyl or cyclic N) is 1. The number of rotatable bonds is 5. The number of hydrogen-bond donors (Lipinski definition) is 4. The molecule has 0 spiro atoms. The van der Waals surface area contributed by atoms with Crippen LogP contribution in [0.5, 0.6) is 5.75 Å². The van der Waals surface area contributed by atoms with Gasteiger partial charge in [0.15, 0.2) is 0 Å². The van der Waals surface area contributed by atoms with Crippen molar-refractivity contribution in [1.82, 2.24) is 5.32 Å². The number of fused-ring (bicyclic) bond motifs is 1. The van der Waals surface area contributed by atoms with E-state index in [1.54, 1.807) is 0 Å². The van der Waals surface area contributed by atoms with E-state index in [1.807, 2.05) is 39.0 Å². The van der Waals surface area contributed by atoms with E-state index in [4.69, 9.17) is 4.74 Å². The first kappa shape index (κ1) is 21.2. The molecule has 1 aliphatic rings. The van der Waals surface area contributed by atoms with Crippen LogP contribution >= 0.6 is 0 Å². The quantitative estimate of drug-likeness (QED) is 0.549. The van der Waals surface area contributed by atoms with Crippen LogP contribution in [0.1, 0.15) is 31.9 Å². The molecule has 0 amide bonds. The van der Waals surface area contributed by atoms with Crippen LogP contribution in [0.2, 0.25) is 0 Å². The number of ether oxygens (including phenoxy) is 1. The summed E-state index contributed by atoms with van der Waals surface area (Å²) in [7, 11) is 0. The number of hydrogen-bond acceptors (Lipinski definition) is 5. The van der Waals surface area contributed by atoms with Crippen LogP contribution in [0.15, 0.2) is 18.2 Å². The Kier molecular flexibility index (Phi) is 8.28. The predicted octanol–water partition coefficient (Wildman–Crippen LogP) is -0.281. The molecule has 0 aliphatic heterocycles. The number of benzene rings is 1. The van der Waals surface area contributed by atoms with Crippen LogP contribution in [0, 0.1) is 0 Å². The van der Waals surface area contributed by atoms with Gasteiger partial charge in [0.2, 0.25) is 0 Å². The Morgan fingerprint density at radius 3 is 2.52 bits per heavy atom. The monoisotopic (exact) mass is 351 g/mol. The Morgan fingerprint density at radius 1 is 1.22 bits per heavy atom. The Labute approximate surface area is 168 Å². The number of aliphatic hydroxyl groups excluding tert-OH is 3. The average molecular weight is 352 g/mol. The molecule has 3 atom stereocenters.